The third-order valence-corrected chi connectivity index (χ3v) is 1.51. The van der Waals surface area contributed by atoms with Crippen molar-refractivity contribution in [2.75, 3.05) is 0 Å². The molecule has 0 unspecified atom stereocenters. The normalized spacial score (nSPS) is 8.90. The van der Waals surface area contributed by atoms with Crippen LogP contribution in [0.15, 0.2) is 6.20 Å². The second-order valence-corrected chi connectivity index (χ2v) is 2.15. The molecule has 1 aromatic heterocycles. The van der Waals surface area contributed by atoms with Crippen molar-refractivity contribution >= 4 is 0 Å². The zero-order chi connectivity index (χ0) is 7.56. The molecule has 2 heteroatoms. The molecule has 0 atom stereocenters. The molecule has 0 N–H and O–H groups in total. The van der Waals surface area contributed by atoms with E-state index in [0.29, 0.717) is 5.56 Å². The third-order valence-electron chi connectivity index (χ3n) is 1.51. The molecular weight excluding hydrogens is 124 g/mol. The van der Waals surface area contributed by atoms with Crippen LogP contribution in [-0.4, -0.2) is 4.98 Å². The van der Waals surface area contributed by atoms with Crippen molar-refractivity contribution in [1.82, 2.24) is 4.98 Å². The van der Waals surface area contributed by atoms with Crippen LogP contribution in [0.3, 0.4) is 0 Å². The number of rotatable bonds is 0. The van der Waals surface area contributed by atoms with Gasteiger partial charge in [0.05, 0.1) is 11.8 Å². The number of hydrogen-bond donors (Lipinski definition) is 0. The zero-order valence-electron chi connectivity index (χ0n) is 5.97. The van der Waals surface area contributed by atoms with Crippen LogP contribution in [-0.2, 0) is 0 Å². The summed E-state index contributed by atoms with van der Waals surface area (Å²) in [5.41, 5.74) is 2.55. The Morgan fingerprint density at radius 2 is 2.30 bits per heavy atom. The van der Waals surface area contributed by atoms with Gasteiger partial charge in [0.2, 0.25) is 0 Å². The van der Waals surface area contributed by atoms with E-state index in [4.69, 9.17) is 5.26 Å². The van der Waals surface area contributed by atoms with Crippen molar-refractivity contribution in [3.8, 4) is 6.07 Å². The standard InChI is InChI=1S/C8H7N2/c1-6-4-10-5-8(3-9)7(6)2/h5H,1-2H3. The van der Waals surface area contributed by atoms with Crippen LogP contribution in [0.5, 0.6) is 0 Å². The van der Waals surface area contributed by atoms with Gasteiger partial charge >= 0.3 is 0 Å². The summed E-state index contributed by atoms with van der Waals surface area (Å²) < 4.78 is 0. The summed E-state index contributed by atoms with van der Waals surface area (Å²) in [6.45, 7) is 3.79. The van der Waals surface area contributed by atoms with Crippen LogP contribution >= 0.6 is 0 Å². The molecule has 0 amide bonds. The fourth-order valence-corrected chi connectivity index (χ4v) is 0.689. The van der Waals surface area contributed by atoms with Crippen LogP contribution in [0.1, 0.15) is 16.7 Å². The molecule has 49 valence electrons. The molecule has 1 radical (unpaired) electrons. The Bertz CT molecular complexity index is 284. The summed E-state index contributed by atoms with van der Waals surface area (Å²) in [5, 5.41) is 8.54. The van der Waals surface area contributed by atoms with Gasteiger partial charge in [0.1, 0.15) is 6.07 Å². The first-order chi connectivity index (χ1) is 4.75. The number of nitrogens with zero attached hydrogens (tertiary/aromatic N) is 2. The fourth-order valence-electron chi connectivity index (χ4n) is 0.689. The van der Waals surface area contributed by atoms with Gasteiger partial charge in [-0.3, -0.25) is 4.98 Å². The van der Waals surface area contributed by atoms with Gasteiger partial charge in [0.15, 0.2) is 0 Å². The average Bonchev–Trinajstić information content (AvgIpc) is 1.95. The van der Waals surface area contributed by atoms with Gasteiger partial charge in [-0.1, -0.05) is 0 Å². The van der Waals surface area contributed by atoms with Crippen molar-refractivity contribution in [1.29, 1.82) is 5.26 Å². The van der Waals surface area contributed by atoms with E-state index < -0.39 is 0 Å². The summed E-state index contributed by atoms with van der Waals surface area (Å²) >= 11 is 0. The predicted octanol–water partition coefficient (Wildman–Crippen LogP) is 1.37. The SMILES string of the molecule is Cc1[c]ncc(C#N)c1C. The topological polar surface area (TPSA) is 36.7 Å². The van der Waals surface area contributed by atoms with E-state index in [-0.39, 0.29) is 0 Å². The summed E-state index contributed by atoms with van der Waals surface area (Å²) in [6, 6.07) is 2.05. The van der Waals surface area contributed by atoms with Crippen LogP contribution in [0.25, 0.3) is 0 Å². The van der Waals surface area contributed by atoms with E-state index >= 15 is 0 Å². The van der Waals surface area contributed by atoms with Crippen molar-refractivity contribution < 1.29 is 0 Å². The zero-order valence-corrected chi connectivity index (χ0v) is 5.97. The molecule has 0 aliphatic rings. The highest BCUT2D eigenvalue weighted by Crippen LogP contribution is 2.07. The van der Waals surface area contributed by atoms with Crippen LogP contribution in [0, 0.1) is 31.4 Å². The van der Waals surface area contributed by atoms with E-state index in [2.05, 4.69) is 17.3 Å². The van der Waals surface area contributed by atoms with Crippen molar-refractivity contribution in [3.63, 3.8) is 0 Å². The summed E-state index contributed by atoms with van der Waals surface area (Å²) in [4.78, 5) is 3.77. The first kappa shape index (κ1) is 6.76. The van der Waals surface area contributed by atoms with Gasteiger partial charge in [0.25, 0.3) is 0 Å². The number of pyridine rings is 1. The molecular formula is C8H7N2. The second-order valence-electron chi connectivity index (χ2n) is 2.15. The van der Waals surface area contributed by atoms with Gasteiger partial charge in [-0.2, -0.15) is 5.26 Å². The highest BCUT2D eigenvalue weighted by atomic mass is 14.6. The van der Waals surface area contributed by atoms with Gasteiger partial charge in [-0.05, 0) is 25.0 Å². The molecule has 0 saturated carbocycles. The second kappa shape index (κ2) is 2.49. The van der Waals surface area contributed by atoms with Gasteiger partial charge < -0.3 is 0 Å². The van der Waals surface area contributed by atoms with E-state index in [1.54, 1.807) is 0 Å². The molecule has 10 heavy (non-hydrogen) atoms. The molecule has 0 fully saturated rings. The maximum Gasteiger partial charge on any atom is 0.101 e. The third kappa shape index (κ3) is 0.985. The molecule has 0 aliphatic heterocycles. The number of nitriles is 1. The minimum atomic E-state index is 0.635. The highest BCUT2D eigenvalue weighted by molar-refractivity contribution is 5.37. The van der Waals surface area contributed by atoms with Crippen LogP contribution < -0.4 is 0 Å². The lowest BCUT2D eigenvalue weighted by molar-refractivity contribution is 1.18. The first-order valence-corrected chi connectivity index (χ1v) is 2.99. The molecule has 1 heterocycles. The number of aryl methyl sites for hydroxylation is 1. The number of hydrogen-bond acceptors (Lipinski definition) is 2. The largest absolute Gasteiger partial charge is 0.253 e. The molecule has 0 spiro atoms. The maximum atomic E-state index is 8.54. The Morgan fingerprint density at radius 3 is 2.80 bits per heavy atom. The quantitative estimate of drug-likeness (QED) is 0.533. The van der Waals surface area contributed by atoms with Gasteiger partial charge in [0, 0.05) is 6.20 Å². The molecule has 1 rings (SSSR count). The average molecular weight is 131 g/mol. The molecule has 0 saturated heterocycles. The molecule has 0 aromatic carbocycles. The van der Waals surface area contributed by atoms with Crippen molar-refractivity contribution in [2.45, 2.75) is 13.8 Å². The lowest BCUT2D eigenvalue weighted by atomic mass is 10.1. The Balaban J connectivity index is 3.31. The van der Waals surface area contributed by atoms with Crippen molar-refractivity contribution in [2.24, 2.45) is 0 Å². The molecule has 1 aromatic rings. The van der Waals surface area contributed by atoms with Crippen LogP contribution in [0.4, 0.5) is 0 Å². The Kier molecular flexibility index (Phi) is 1.68. The minimum absolute atomic E-state index is 0.635. The molecule has 2 nitrogen and oxygen atoms in total. The Labute approximate surface area is 60.1 Å². The van der Waals surface area contributed by atoms with E-state index in [1.165, 1.54) is 6.20 Å². The van der Waals surface area contributed by atoms with Gasteiger partial charge in [-0.25, -0.2) is 0 Å². The number of aromatic nitrogens is 1. The Morgan fingerprint density at radius 1 is 1.60 bits per heavy atom. The van der Waals surface area contributed by atoms with Crippen LogP contribution in [0.2, 0.25) is 0 Å². The highest BCUT2D eigenvalue weighted by Gasteiger charge is 1.98. The van der Waals surface area contributed by atoms with Crippen molar-refractivity contribution in [3.05, 3.63) is 29.1 Å². The lowest BCUT2D eigenvalue weighted by Crippen LogP contribution is -1.88. The molecule has 0 aliphatic carbocycles. The first-order valence-electron chi connectivity index (χ1n) is 2.99. The maximum absolute atomic E-state index is 8.54. The van der Waals surface area contributed by atoms with E-state index in [1.807, 2.05) is 13.8 Å². The summed E-state index contributed by atoms with van der Waals surface area (Å²) in [7, 11) is 0. The fraction of sp³-hybridized carbons (Fsp3) is 0.250. The predicted molar refractivity (Wildman–Crippen MR) is 37.3 cm³/mol. The summed E-state index contributed by atoms with van der Waals surface area (Å²) in [5.74, 6) is 0. The summed E-state index contributed by atoms with van der Waals surface area (Å²) in [6.07, 6.45) is 4.30. The smallest absolute Gasteiger partial charge is 0.101 e. The lowest BCUT2D eigenvalue weighted by Gasteiger charge is -1.97. The minimum Gasteiger partial charge on any atom is -0.253 e. The monoisotopic (exact) mass is 131 g/mol. The van der Waals surface area contributed by atoms with E-state index in [0.717, 1.165) is 11.1 Å². The Hall–Kier alpha value is -1.36. The molecule has 0 bridgehead atoms. The van der Waals surface area contributed by atoms with E-state index in [9.17, 15) is 0 Å². The van der Waals surface area contributed by atoms with Gasteiger partial charge in [-0.15, -0.1) is 0 Å².